The molecule has 9 aromatic carbocycles. The van der Waals surface area contributed by atoms with Crippen LogP contribution < -0.4 is 9.80 Å². The van der Waals surface area contributed by atoms with Crippen molar-refractivity contribution in [2.75, 3.05) is 9.80 Å². The third-order valence-electron chi connectivity index (χ3n) is 13.7. The molecule has 0 spiro atoms. The van der Waals surface area contributed by atoms with Gasteiger partial charge in [0.15, 0.2) is 0 Å². The molecule has 0 aliphatic carbocycles. The molecule has 9 aromatic rings. The number of nitrogens with zero attached hydrogens (tertiary/aromatic N) is 2. The number of benzene rings is 9. The van der Waals surface area contributed by atoms with Crippen LogP contribution in [0, 0.1) is 0 Å². The number of aryl methyl sites for hydroxylation is 4. The Hall–Kier alpha value is -6.35. The van der Waals surface area contributed by atoms with E-state index in [1.807, 2.05) is 0 Å². The first-order valence-electron chi connectivity index (χ1n) is 25.1. The minimum absolute atomic E-state index is 0.694. The molecule has 0 aliphatic rings. The van der Waals surface area contributed by atoms with E-state index >= 15 is 0 Å². The lowest BCUT2D eigenvalue weighted by Gasteiger charge is -2.32. The van der Waals surface area contributed by atoms with Gasteiger partial charge in [-0.25, -0.2) is 0 Å². The zero-order chi connectivity index (χ0) is 46.1. The van der Waals surface area contributed by atoms with E-state index in [9.17, 15) is 0 Å². The third kappa shape index (κ3) is 9.88. The Morgan fingerprint density at radius 2 is 0.716 bits per heavy atom. The first-order valence-corrected chi connectivity index (χ1v) is 25.5. The van der Waals surface area contributed by atoms with E-state index in [0.29, 0.717) is 5.02 Å². The van der Waals surface area contributed by atoms with Gasteiger partial charge in [0.1, 0.15) is 0 Å². The quantitative estimate of drug-likeness (QED) is 0.0746. The molecular weight excluding hydrogens is 832 g/mol. The lowest BCUT2D eigenvalue weighted by Crippen LogP contribution is -2.15. The van der Waals surface area contributed by atoms with Crippen molar-refractivity contribution in [3.05, 3.63) is 203 Å². The van der Waals surface area contributed by atoms with E-state index in [2.05, 4.69) is 213 Å². The molecule has 0 unspecified atom stereocenters. The molecule has 0 radical (unpaired) electrons. The maximum absolute atomic E-state index is 8.01. The molecule has 0 N–H and O–H groups in total. The minimum atomic E-state index is 0.694. The standard InChI is InChI=1S/C64H65ClN2/c1-5-9-18-46-28-36-51(37-29-46)66(52-38-30-47(31-39-52)19-10-6-2)62-26-17-27-63(64(62)65)67(53-40-32-48(33-41-53)20-11-7-3)61-43-34-49(21-12-8-4)44-59(61)50-35-42-58-56-24-14-13-22-54(56)55-23-15-16-25-57(55)60(58)45-50/h13-17,22-45H,5-12,18-21H2,1-4H3. The Bertz CT molecular complexity index is 2990. The highest BCUT2D eigenvalue weighted by Crippen LogP contribution is 2.49. The smallest absolute Gasteiger partial charge is 0.0887 e. The zero-order valence-electron chi connectivity index (χ0n) is 40.0. The van der Waals surface area contributed by atoms with Gasteiger partial charge >= 0.3 is 0 Å². The van der Waals surface area contributed by atoms with Gasteiger partial charge in [-0.05, 0) is 178 Å². The number of halogens is 1. The third-order valence-corrected chi connectivity index (χ3v) is 14.0. The van der Waals surface area contributed by atoms with Gasteiger partial charge in [0.2, 0.25) is 0 Å². The summed E-state index contributed by atoms with van der Waals surface area (Å²) in [6.07, 6.45) is 13.6. The number of anilines is 6. The first kappa shape index (κ1) is 45.8. The molecule has 3 heteroatoms. The number of hydrogen-bond acceptors (Lipinski definition) is 2. The Kier molecular flexibility index (Phi) is 14.7. The van der Waals surface area contributed by atoms with Gasteiger partial charge in [-0.15, -0.1) is 0 Å². The van der Waals surface area contributed by atoms with Crippen LogP contribution in [0.1, 0.15) is 101 Å². The van der Waals surface area contributed by atoms with Gasteiger partial charge in [-0.3, -0.25) is 0 Å². The van der Waals surface area contributed by atoms with E-state index in [-0.39, 0.29) is 0 Å². The van der Waals surface area contributed by atoms with Gasteiger partial charge in [0.05, 0.1) is 22.1 Å². The number of rotatable bonds is 19. The summed E-state index contributed by atoms with van der Waals surface area (Å²) in [6, 6.07) is 66.0. The molecule has 0 aromatic heterocycles. The minimum Gasteiger partial charge on any atom is -0.309 e. The normalized spacial score (nSPS) is 11.5. The van der Waals surface area contributed by atoms with Crippen LogP contribution in [0.5, 0.6) is 0 Å². The van der Waals surface area contributed by atoms with Crippen molar-refractivity contribution in [2.24, 2.45) is 0 Å². The second kappa shape index (κ2) is 21.5. The average molecular weight is 898 g/mol. The largest absolute Gasteiger partial charge is 0.309 e. The molecule has 0 saturated carbocycles. The van der Waals surface area contributed by atoms with E-state index in [0.717, 1.165) is 72.6 Å². The molecule has 338 valence electrons. The number of fused-ring (bicyclic) bond motifs is 6. The van der Waals surface area contributed by atoms with Crippen molar-refractivity contribution in [3.8, 4) is 11.1 Å². The molecule has 2 nitrogen and oxygen atoms in total. The summed E-state index contributed by atoms with van der Waals surface area (Å²) in [5.74, 6) is 0. The Morgan fingerprint density at radius 3 is 1.18 bits per heavy atom. The van der Waals surface area contributed by atoms with Gasteiger partial charge < -0.3 is 9.80 Å². The Morgan fingerprint density at radius 1 is 0.328 bits per heavy atom. The van der Waals surface area contributed by atoms with Gasteiger partial charge in [0, 0.05) is 22.6 Å². The van der Waals surface area contributed by atoms with Gasteiger partial charge in [0.25, 0.3) is 0 Å². The summed E-state index contributed by atoms with van der Waals surface area (Å²) in [5, 5.41) is 8.35. The fourth-order valence-electron chi connectivity index (χ4n) is 9.89. The lowest BCUT2D eigenvalue weighted by molar-refractivity contribution is 0.795. The molecular formula is C64H65ClN2. The molecule has 0 atom stereocenters. The fourth-order valence-corrected chi connectivity index (χ4v) is 10.2. The van der Waals surface area contributed by atoms with Crippen LogP contribution in [0.2, 0.25) is 5.02 Å². The Balaban J connectivity index is 1.25. The summed E-state index contributed by atoms with van der Waals surface area (Å²) in [4.78, 5) is 4.76. The number of hydrogen-bond donors (Lipinski definition) is 0. The first-order chi connectivity index (χ1) is 33.0. The number of unbranched alkanes of at least 4 members (excludes halogenated alkanes) is 4. The van der Waals surface area contributed by atoms with E-state index in [4.69, 9.17) is 11.6 Å². The summed E-state index contributed by atoms with van der Waals surface area (Å²) in [5.41, 5.74) is 14.0. The SMILES string of the molecule is CCCCc1ccc(N(c2ccc(CCCC)cc2)c2cccc(N(c3ccc(CCCC)cc3)c3ccc(CCCC)cc3-c3ccc4c5ccccc5c5ccccc5c4c3)c2Cl)cc1. The fraction of sp³-hybridized carbons (Fsp3) is 0.250. The van der Waals surface area contributed by atoms with Crippen LogP contribution in [0.25, 0.3) is 43.4 Å². The van der Waals surface area contributed by atoms with Crippen molar-refractivity contribution in [1.82, 2.24) is 0 Å². The topological polar surface area (TPSA) is 6.48 Å². The molecule has 0 heterocycles. The highest BCUT2D eigenvalue weighted by atomic mass is 35.5. The van der Waals surface area contributed by atoms with Crippen LogP contribution in [-0.4, -0.2) is 0 Å². The molecule has 0 saturated heterocycles. The summed E-state index contributed by atoms with van der Waals surface area (Å²) in [7, 11) is 0. The van der Waals surface area contributed by atoms with Crippen molar-refractivity contribution < 1.29 is 0 Å². The molecule has 0 amide bonds. The molecule has 67 heavy (non-hydrogen) atoms. The second-order valence-corrected chi connectivity index (χ2v) is 18.8. The van der Waals surface area contributed by atoms with Crippen LogP contribution >= 0.6 is 11.6 Å². The van der Waals surface area contributed by atoms with Crippen LogP contribution in [0.4, 0.5) is 34.1 Å². The van der Waals surface area contributed by atoms with Crippen molar-refractivity contribution in [2.45, 2.75) is 105 Å². The van der Waals surface area contributed by atoms with Crippen molar-refractivity contribution in [3.63, 3.8) is 0 Å². The monoisotopic (exact) mass is 896 g/mol. The molecule has 9 rings (SSSR count). The van der Waals surface area contributed by atoms with Crippen LogP contribution in [-0.2, 0) is 25.7 Å². The average Bonchev–Trinajstić information content (AvgIpc) is 3.38. The predicted octanol–water partition coefficient (Wildman–Crippen LogP) is 19.8. The summed E-state index contributed by atoms with van der Waals surface area (Å²) >= 11 is 8.01. The van der Waals surface area contributed by atoms with Crippen molar-refractivity contribution in [1.29, 1.82) is 0 Å². The van der Waals surface area contributed by atoms with E-state index < -0.39 is 0 Å². The molecule has 0 fully saturated rings. The predicted molar refractivity (Wildman–Crippen MR) is 293 cm³/mol. The van der Waals surface area contributed by atoms with Gasteiger partial charge in [-0.2, -0.15) is 0 Å². The van der Waals surface area contributed by atoms with Crippen LogP contribution in [0.3, 0.4) is 0 Å². The highest BCUT2D eigenvalue weighted by Gasteiger charge is 2.25. The van der Waals surface area contributed by atoms with Crippen molar-refractivity contribution >= 4 is 78.0 Å². The Labute approximate surface area is 404 Å². The molecule has 0 aliphatic heterocycles. The molecule has 0 bridgehead atoms. The van der Waals surface area contributed by atoms with E-state index in [1.54, 1.807) is 0 Å². The maximum Gasteiger partial charge on any atom is 0.0887 e. The summed E-state index contributed by atoms with van der Waals surface area (Å²) < 4.78 is 0. The van der Waals surface area contributed by atoms with E-state index in [1.165, 1.54) is 104 Å². The highest BCUT2D eigenvalue weighted by molar-refractivity contribution is 6.37. The lowest BCUT2D eigenvalue weighted by atomic mass is 9.91. The van der Waals surface area contributed by atoms with Gasteiger partial charge in [-0.1, -0.05) is 174 Å². The summed E-state index contributed by atoms with van der Waals surface area (Å²) in [6.45, 7) is 9.06. The second-order valence-electron chi connectivity index (χ2n) is 18.4. The maximum atomic E-state index is 8.01. The zero-order valence-corrected chi connectivity index (χ0v) is 40.8. The van der Waals surface area contributed by atoms with Crippen LogP contribution in [0.15, 0.2) is 176 Å².